The first-order valence-corrected chi connectivity index (χ1v) is 6.36. The van der Waals surface area contributed by atoms with Gasteiger partial charge in [0.25, 0.3) is 0 Å². The van der Waals surface area contributed by atoms with E-state index >= 15 is 0 Å². The van der Waals surface area contributed by atoms with Crippen LogP contribution in [0.3, 0.4) is 0 Å². The minimum absolute atomic E-state index is 0.240. The Bertz CT molecular complexity index is 331. The number of ether oxygens (including phenoxy) is 1. The second-order valence-corrected chi connectivity index (χ2v) is 4.70. The fourth-order valence-corrected chi connectivity index (χ4v) is 2.33. The topological polar surface area (TPSA) is 55.5 Å². The summed E-state index contributed by atoms with van der Waals surface area (Å²) in [5, 5.41) is 10.3. The molecule has 94 valence electrons. The molecule has 1 aliphatic heterocycles. The molecule has 1 aromatic rings. The van der Waals surface area contributed by atoms with Crippen LogP contribution < -0.4 is 5.73 Å². The molecule has 3 N–H and O–H groups in total. The van der Waals surface area contributed by atoms with Crippen molar-refractivity contribution >= 4 is 0 Å². The number of aliphatic hydroxyl groups excluding tert-OH is 1. The normalized spacial score (nSPS) is 22.4. The highest BCUT2D eigenvalue weighted by molar-refractivity contribution is 5.24. The van der Waals surface area contributed by atoms with Crippen molar-refractivity contribution in [3.8, 4) is 0 Å². The van der Waals surface area contributed by atoms with Crippen LogP contribution >= 0.6 is 0 Å². The zero-order chi connectivity index (χ0) is 12.1. The van der Waals surface area contributed by atoms with Crippen LogP contribution in [0.1, 0.15) is 30.1 Å². The number of hydrogen-bond acceptors (Lipinski definition) is 3. The molecule has 2 atom stereocenters. The van der Waals surface area contributed by atoms with Crippen molar-refractivity contribution in [3.63, 3.8) is 0 Å². The Morgan fingerprint density at radius 3 is 2.71 bits per heavy atom. The van der Waals surface area contributed by atoms with E-state index in [0.29, 0.717) is 13.2 Å². The molecule has 2 unspecified atom stereocenters. The van der Waals surface area contributed by atoms with Crippen molar-refractivity contribution < 1.29 is 9.84 Å². The lowest BCUT2D eigenvalue weighted by Gasteiger charge is -2.27. The quantitative estimate of drug-likeness (QED) is 0.834. The summed E-state index contributed by atoms with van der Waals surface area (Å²) >= 11 is 0. The minimum atomic E-state index is -0.401. The summed E-state index contributed by atoms with van der Waals surface area (Å²) in [5.74, 6) is 0.240. The van der Waals surface area contributed by atoms with Crippen LogP contribution in [0.4, 0.5) is 0 Å². The summed E-state index contributed by atoms with van der Waals surface area (Å²) in [7, 11) is 0. The van der Waals surface area contributed by atoms with Gasteiger partial charge in [-0.1, -0.05) is 24.3 Å². The average Bonchev–Trinajstić information content (AvgIpc) is 2.40. The molecular weight excluding hydrogens is 214 g/mol. The van der Waals surface area contributed by atoms with Crippen molar-refractivity contribution in [1.29, 1.82) is 0 Å². The molecule has 1 saturated heterocycles. The van der Waals surface area contributed by atoms with Gasteiger partial charge in [-0.3, -0.25) is 0 Å². The van der Waals surface area contributed by atoms with Crippen LogP contribution in [0.2, 0.25) is 0 Å². The lowest BCUT2D eigenvalue weighted by Crippen LogP contribution is -2.23. The number of benzene rings is 1. The van der Waals surface area contributed by atoms with Crippen LogP contribution in [0.5, 0.6) is 0 Å². The summed E-state index contributed by atoms with van der Waals surface area (Å²) < 4.78 is 5.41. The third kappa shape index (κ3) is 3.28. The number of hydrogen-bond donors (Lipinski definition) is 2. The van der Waals surface area contributed by atoms with Gasteiger partial charge in [-0.15, -0.1) is 0 Å². The molecule has 1 fully saturated rings. The fourth-order valence-electron chi connectivity index (χ4n) is 2.33. The van der Waals surface area contributed by atoms with E-state index in [1.54, 1.807) is 0 Å². The van der Waals surface area contributed by atoms with Gasteiger partial charge in [-0.25, -0.2) is 0 Å². The highest BCUT2D eigenvalue weighted by Crippen LogP contribution is 2.28. The minimum Gasteiger partial charge on any atom is -0.388 e. The van der Waals surface area contributed by atoms with E-state index in [1.165, 1.54) is 5.56 Å². The van der Waals surface area contributed by atoms with E-state index in [1.807, 2.05) is 12.1 Å². The lowest BCUT2D eigenvalue weighted by atomic mass is 9.90. The van der Waals surface area contributed by atoms with Gasteiger partial charge in [0.1, 0.15) is 0 Å². The van der Waals surface area contributed by atoms with Gasteiger partial charge in [0, 0.05) is 12.5 Å². The Morgan fingerprint density at radius 2 is 2.12 bits per heavy atom. The van der Waals surface area contributed by atoms with Crippen molar-refractivity contribution in [2.24, 2.45) is 11.7 Å². The molecule has 1 heterocycles. The summed E-state index contributed by atoms with van der Waals surface area (Å²) in [6.45, 7) is 2.17. The van der Waals surface area contributed by atoms with Crippen LogP contribution in [0.15, 0.2) is 24.3 Å². The van der Waals surface area contributed by atoms with Gasteiger partial charge in [-0.05, 0) is 36.9 Å². The second-order valence-electron chi connectivity index (χ2n) is 4.70. The Labute approximate surface area is 103 Å². The predicted octanol–water partition coefficient (Wildman–Crippen LogP) is 1.65. The van der Waals surface area contributed by atoms with Gasteiger partial charge < -0.3 is 15.6 Å². The molecule has 1 aliphatic rings. The summed E-state index contributed by atoms with van der Waals surface area (Å²) in [6.07, 6.45) is 2.59. The van der Waals surface area contributed by atoms with Gasteiger partial charge in [0.05, 0.1) is 12.7 Å². The first kappa shape index (κ1) is 12.6. The standard InChI is InChI=1S/C14H21NO2/c15-8-7-11-3-5-12(6-4-11)14(16)13-2-1-9-17-10-13/h3-6,13-14,16H,1-2,7-10,15H2. The van der Waals surface area contributed by atoms with Gasteiger partial charge >= 0.3 is 0 Å². The second kappa shape index (κ2) is 6.15. The third-order valence-corrected chi connectivity index (χ3v) is 3.40. The zero-order valence-electron chi connectivity index (χ0n) is 10.1. The van der Waals surface area contributed by atoms with E-state index < -0.39 is 6.10 Å². The van der Waals surface area contributed by atoms with Crippen molar-refractivity contribution in [2.75, 3.05) is 19.8 Å². The van der Waals surface area contributed by atoms with E-state index in [0.717, 1.165) is 31.4 Å². The van der Waals surface area contributed by atoms with E-state index in [4.69, 9.17) is 10.5 Å². The molecule has 0 spiro atoms. The van der Waals surface area contributed by atoms with Gasteiger partial charge in [0.15, 0.2) is 0 Å². The summed E-state index contributed by atoms with van der Waals surface area (Å²) in [4.78, 5) is 0. The smallest absolute Gasteiger partial charge is 0.0840 e. The van der Waals surface area contributed by atoms with Crippen LogP contribution in [-0.2, 0) is 11.2 Å². The van der Waals surface area contributed by atoms with E-state index in [-0.39, 0.29) is 5.92 Å². The molecule has 3 nitrogen and oxygen atoms in total. The Morgan fingerprint density at radius 1 is 1.35 bits per heavy atom. The first-order valence-electron chi connectivity index (χ1n) is 6.36. The maximum Gasteiger partial charge on any atom is 0.0840 e. The maximum absolute atomic E-state index is 10.3. The third-order valence-electron chi connectivity index (χ3n) is 3.40. The Hall–Kier alpha value is -0.900. The van der Waals surface area contributed by atoms with Crippen LogP contribution in [0.25, 0.3) is 0 Å². The van der Waals surface area contributed by atoms with Crippen molar-refractivity contribution in [2.45, 2.75) is 25.4 Å². The van der Waals surface area contributed by atoms with Gasteiger partial charge in [-0.2, -0.15) is 0 Å². The first-order chi connectivity index (χ1) is 8.31. The average molecular weight is 235 g/mol. The monoisotopic (exact) mass is 235 g/mol. The Kier molecular flexibility index (Phi) is 4.54. The highest BCUT2D eigenvalue weighted by atomic mass is 16.5. The summed E-state index contributed by atoms with van der Waals surface area (Å²) in [6, 6.07) is 8.11. The molecule has 17 heavy (non-hydrogen) atoms. The van der Waals surface area contributed by atoms with E-state index in [2.05, 4.69) is 12.1 Å². The van der Waals surface area contributed by atoms with Crippen molar-refractivity contribution in [3.05, 3.63) is 35.4 Å². The number of rotatable bonds is 4. The molecule has 0 aliphatic carbocycles. The molecule has 0 saturated carbocycles. The number of aliphatic hydroxyl groups is 1. The molecule has 0 aromatic heterocycles. The maximum atomic E-state index is 10.3. The zero-order valence-corrected chi connectivity index (χ0v) is 10.1. The molecule has 1 aromatic carbocycles. The molecule has 2 rings (SSSR count). The Balaban J connectivity index is 2.00. The summed E-state index contributed by atoms with van der Waals surface area (Å²) in [5.41, 5.74) is 7.72. The SMILES string of the molecule is NCCc1ccc(C(O)C2CCCOC2)cc1. The van der Waals surface area contributed by atoms with Crippen LogP contribution in [0, 0.1) is 5.92 Å². The van der Waals surface area contributed by atoms with Crippen LogP contribution in [-0.4, -0.2) is 24.9 Å². The molecule has 3 heteroatoms. The molecule has 0 bridgehead atoms. The predicted molar refractivity (Wildman–Crippen MR) is 67.7 cm³/mol. The fraction of sp³-hybridized carbons (Fsp3) is 0.571. The van der Waals surface area contributed by atoms with Gasteiger partial charge in [0.2, 0.25) is 0 Å². The largest absolute Gasteiger partial charge is 0.388 e. The molecular formula is C14H21NO2. The lowest BCUT2D eigenvalue weighted by molar-refractivity contribution is -0.00996. The molecule has 0 amide bonds. The highest BCUT2D eigenvalue weighted by Gasteiger charge is 2.23. The number of nitrogens with two attached hydrogens (primary N) is 1. The van der Waals surface area contributed by atoms with Crippen molar-refractivity contribution in [1.82, 2.24) is 0 Å². The molecule has 0 radical (unpaired) electrons. The van der Waals surface area contributed by atoms with E-state index in [9.17, 15) is 5.11 Å².